The number of methoxy groups -OCH3 is 1. The van der Waals surface area contributed by atoms with E-state index in [1.165, 1.54) is 18.4 Å². The minimum Gasteiger partial charge on any atom is -0.497 e. The van der Waals surface area contributed by atoms with Crippen molar-refractivity contribution in [2.75, 3.05) is 33.4 Å². The molecule has 1 saturated heterocycles. The van der Waals surface area contributed by atoms with Crippen molar-refractivity contribution in [2.45, 2.75) is 25.0 Å². The smallest absolute Gasteiger partial charge is 0.161 e. The van der Waals surface area contributed by atoms with Crippen LogP contribution in [0.2, 0.25) is 0 Å². The fourth-order valence-corrected chi connectivity index (χ4v) is 3.99. The first kappa shape index (κ1) is 18.1. The molecule has 0 saturated carbocycles. The Balaban J connectivity index is 1.46. The number of nitrogens with one attached hydrogen (secondary N) is 2. The monoisotopic (exact) mass is 368 g/mol. The Morgan fingerprint density at radius 2 is 1.93 bits per heavy atom. The van der Waals surface area contributed by atoms with E-state index in [4.69, 9.17) is 14.2 Å². The molecule has 0 radical (unpaired) electrons. The maximum absolute atomic E-state index is 6.13. The van der Waals surface area contributed by atoms with Crippen molar-refractivity contribution in [3.63, 3.8) is 0 Å². The van der Waals surface area contributed by atoms with Gasteiger partial charge < -0.3 is 24.8 Å². The molecule has 0 aliphatic carbocycles. The molecule has 4 rings (SSSR count). The van der Waals surface area contributed by atoms with Crippen molar-refractivity contribution in [3.8, 4) is 17.2 Å². The Hall–Kier alpha value is -2.24. The topological polar surface area (TPSA) is 51.8 Å². The quantitative estimate of drug-likeness (QED) is 0.820. The van der Waals surface area contributed by atoms with Gasteiger partial charge in [-0.15, -0.1) is 0 Å². The highest BCUT2D eigenvalue weighted by Gasteiger charge is 2.27. The molecular weight excluding hydrogens is 340 g/mol. The van der Waals surface area contributed by atoms with Crippen molar-refractivity contribution in [1.82, 2.24) is 10.6 Å². The summed E-state index contributed by atoms with van der Waals surface area (Å²) >= 11 is 0. The second-order valence-electron chi connectivity index (χ2n) is 7.25. The molecule has 2 heterocycles. The van der Waals surface area contributed by atoms with E-state index in [0.717, 1.165) is 36.9 Å². The predicted octanol–water partition coefficient (Wildman–Crippen LogP) is 3.17. The fourth-order valence-electron chi connectivity index (χ4n) is 3.99. The lowest BCUT2D eigenvalue weighted by molar-refractivity contribution is 0.0850. The lowest BCUT2D eigenvalue weighted by atomic mass is 9.85. The molecule has 144 valence electrons. The molecule has 0 bridgehead atoms. The second kappa shape index (κ2) is 8.63. The highest BCUT2D eigenvalue weighted by Crippen LogP contribution is 2.33. The molecular formula is C22H28N2O3. The van der Waals surface area contributed by atoms with E-state index < -0.39 is 0 Å². The number of rotatable bonds is 6. The van der Waals surface area contributed by atoms with Crippen molar-refractivity contribution >= 4 is 0 Å². The summed E-state index contributed by atoms with van der Waals surface area (Å²) in [6.07, 6.45) is 2.34. The van der Waals surface area contributed by atoms with Crippen molar-refractivity contribution in [3.05, 3.63) is 54.1 Å². The van der Waals surface area contributed by atoms with E-state index >= 15 is 0 Å². The van der Waals surface area contributed by atoms with E-state index in [1.807, 2.05) is 30.3 Å². The highest BCUT2D eigenvalue weighted by atomic mass is 16.6. The largest absolute Gasteiger partial charge is 0.497 e. The van der Waals surface area contributed by atoms with Crippen LogP contribution in [0.3, 0.4) is 0 Å². The minimum atomic E-state index is 0.00900. The molecule has 2 unspecified atom stereocenters. The van der Waals surface area contributed by atoms with Gasteiger partial charge in [0.25, 0.3) is 0 Å². The van der Waals surface area contributed by atoms with Crippen LogP contribution < -0.4 is 24.8 Å². The summed E-state index contributed by atoms with van der Waals surface area (Å²) in [5, 5.41) is 7.23. The second-order valence-corrected chi connectivity index (χ2v) is 7.25. The van der Waals surface area contributed by atoms with Crippen LogP contribution in [-0.2, 0) is 0 Å². The summed E-state index contributed by atoms with van der Waals surface area (Å²) in [5.41, 5.74) is 1.28. The number of ether oxygens (including phenoxy) is 3. The zero-order chi connectivity index (χ0) is 18.5. The van der Waals surface area contributed by atoms with Crippen LogP contribution in [-0.4, -0.2) is 39.5 Å². The molecule has 2 N–H and O–H groups in total. The molecule has 5 nitrogen and oxygen atoms in total. The average Bonchev–Trinajstić information content (AvgIpc) is 2.75. The summed E-state index contributed by atoms with van der Waals surface area (Å²) in [4.78, 5) is 0. The van der Waals surface area contributed by atoms with Crippen molar-refractivity contribution in [1.29, 1.82) is 0 Å². The number of benzene rings is 2. The van der Waals surface area contributed by atoms with Gasteiger partial charge in [-0.25, -0.2) is 0 Å². The van der Waals surface area contributed by atoms with Crippen LogP contribution in [0, 0.1) is 5.92 Å². The summed E-state index contributed by atoms with van der Waals surface area (Å²) < 4.78 is 17.4. The molecule has 2 aromatic rings. The molecule has 0 aromatic heterocycles. The fraction of sp³-hybridized carbons (Fsp3) is 0.455. The molecule has 1 fully saturated rings. The first-order chi connectivity index (χ1) is 13.3. The molecule has 2 atom stereocenters. The summed E-state index contributed by atoms with van der Waals surface area (Å²) in [5.74, 6) is 3.15. The Morgan fingerprint density at radius 3 is 2.74 bits per heavy atom. The highest BCUT2D eigenvalue weighted by molar-refractivity contribution is 5.40. The number of fused-ring (bicyclic) bond motifs is 1. The Kier molecular flexibility index (Phi) is 5.80. The van der Waals surface area contributed by atoms with Gasteiger partial charge in [-0.3, -0.25) is 0 Å². The van der Waals surface area contributed by atoms with E-state index in [1.54, 1.807) is 7.11 Å². The van der Waals surface area contributed by atoms with E-state index in [2.05, 4.69) is 28.8 Å². The number of para-hydroxylation sites is 2. The first-order valence-electron chi connectivity index (χ1n) is 9.80. The van der Waals surface area contributed by atoms with Gasteiger partial charge in [0.05, 0.1) is 7.11 Å². The van der Waals surface area contributed by atoms with Gasteiger partial charge >= 0.3 is 0 Å². The lowest BCUT2D eigenvalue weighted by Crippen LogP contribution is -2.43. The SMILES string of the molecule is COc1cccc(C(NCC2COc3ccccc3O2)C2CCNCC2)c1. The maximum Gasteiger partial charge on any atom is 0.161 e. The number of hydrogen-bond acceptors (Lipinski definition) is 5. The van der Waals surface area contributed by atoms with Crippen LogP contribution in [0.15, 0.2) is 48.5 Å². The van der Waals surface area contributed by atoms with Gasteiger partial charge in [0.1, 0.15) is 18.5 Å². The lowest BCUT2D eigenvalue weighted by Gasteiger charge is -2.34. The Morgan fingerprint density at radius 1 is 1.11 bits per heavy atom. The summed E-state index contributed by atoms with van der Waals surface area (Å²) in [6.45, 7) is 3.47. The van der Waals surface area contributed by atoms with Crippen LogP contribution in [0.4, 0.5) is 0 Å². The zero-order valence-corrected chi connectivity index (χ0v) is 15.8. The molecule has 0 spiro atoms. The van der Waals surface area contributed by atoms with Gasteiger partial charge in [0.2, 0.25) is 0 Å². The van der Waals surface area contributed by atoms with Gasteiger partial charge in [0, 0.05) is 12.6 Å². The first-order valence-corrected chi connectivity index (χ1v) is 9.80. The van der Waals surface area contributed by atoms with E-state index in [0.29, 0.717) is 12.5 Å². The molecule has 2 aliphatic heterocycles. The van der Waals surface area contributed by atoms with Crippen molar-refractivity contribution < 1.29 is 14.2 Å². The van der Waals surface area contributed by atoms with Crippen LogP contribution >= 0.6 is 0 Å². The average molecular weight is 368 g/mol. The molecule has 2 aliphatic rings. The van der Waals surface area contributed by atoms with E-state index in [9.17, 15) is 0 Å². The molecule has 27 heavy (non-hydrogen) atoms. The Labute approximate surface area is 161 Å². The van der Waals surface area contributed by atoms with Crippen LogP contribution in [0.5, 0.6) is 17.2 Å². The number of piperidine rings is 1. The van der Waals surface area contributed by atoms with Gasteiger partial charge in [-0.05, 0) is 61.7 Å². The van der Waals surface area contributed by atoms with Crippen molar-refractivity contribution in [2.24, 2.45) is 5.92 Å². The van der Waals surface area contributed by atoms with Gasteiger partial charge in [0.15, 0.2) is 11.5 Å². The normalized spacial score (nSPS) is 20.9. The van der Waals surface area contributed by atoms with Crippen LogP contribution in [0.1, 0.15) is 24.4 Å². The molecule has 5 heteroatoms. The summed E-state index contributed by atoms with van der Waals surface area (Å²) in [7, 11) is 1.72. The molecule has 0 amide bonds. The maximum atomic E-state index is 6.13. The molecule has 2 aromatic carbocycles. The third kappa shape index (κ3) is 4.37. The third-order valence-corrected chi connectivity index (χ3v) is 5.44. The van der Waals surface area contributed by atoms with Crippen LogP contribution in [0.25, 0.3) is 0 Å². The minimum absolute atomic E-state index is 0.00900. The third-order valence-electron chi connectivity index (χ3n) is 5.44. The number of hydrogen-bond donors (Lipinski definition) is 2. The predicted molar refractivity (Wildman–Crippen MR) is 106 cm³/mol. The zero-order valence-electron chi connectivity index (χ0n) is 15.8. The van der Waals surface area contributed by atoms with E-state index in [-0.39, 0.29) is 12.1 Å². The van der Waals surface area contributed by atoms with Gasteiger partial charge in [-0.1, -0.05) is 24.3 Å². The van der Waals surface area contributed by atoms with Gasteiger partial charge in [-0.2, -0.15) is 0 Å². The summed E-state index contributed by atoms with van der Waals surface area (Å²) in [6, 6.07) is 16.5. The standard InChI is InChI=1S/C22H28N2O3/c1-25-18-6-4-5-17(13-18)22(16-9-11-23-12-10-16)24-14-19-15-26-20-7-2-3-8-21(20)27-19/h2-8,13,16,19,22-24H,9-12,14-15H2,1H3. The Bertz CT molecular complexity index is 746.